The summed E-state index contributed by atoms with van der Waals surface area (Å²) in [7, 11) is 0. The average molecular weight is 373 g/mol. The van der Waals surface area contributed by atoms with Gasteiger partial charge in [0.2, 0.25) is 0 Å². The average Bonchev–Trinajstić information content (AvgIpc) is 3.12. The lowest BCUT2D eigenvalue weighted by atomic mass is 10.1. The molecule has 0 saturated heterocycles. The van der Waals surface area contributed by atoms with Crippen molar-refractivity contribution in [2.45, 2.75) is 19.5 Å². The van der Waals surface area contributed by atoms with Crippen LogP contribution >= 0.6 is 35.3 Å². The first kappa shape index (κ1) is 18.0. The van der Waals surface area contributed by atoms with Gasteiger partial charge in [-0.05, 0) is 12.1 Å². The molecule has 1 aliphatic heterocycles. The zero-order valence-corrected chi connectivity index (χ0v) is 14.9. The minimum atomic E-state index is -0.0781. The van der Waals surface area contributed by atoms with Crippen molar-refractivity contribution in [2.75, 3.05) is 13.1 Å². The molecule has 3 rings (SSSR count). The fraction of sp³-hybridized carbons (Fsp3) is 0.333. The highest BCUT2D eigenvalue weighted by Gasteiger charge is 2.25. The van der Waals surface area contributed by atoms with Crippen LogP contribution in [-0.2, 0) is 19.5 Å². The third-order valence-electron chi connectivity index (χ3n) is 3.62. The standard InChI is InChI=1S/C15H17ClN4OS.ClH/c1-2-7-20(9-10-3-4-13(16)22-10)15(21)14-11-8-17-6-5-12(11)18-19-14;/h2-4,17H,1,5-9H2,(H,18,19);1H. The number of hydrogen-bond donors (Lipinski definition) is 2. The number of hydrogen-bond acceptors (Lipinski definition) is 4. The van der Waals surface area contributed by atoms with Crippen LogP contribution in [0.2, 0.25) is 4.34 Å². The number of halogens is 2. The summed E-state index contributed by atoms with van der Waals surface area (Å²) >= 11 is 7.45. The monoisotopic (exact) mass is 372 g/mol. The Balaban J connectivity index is 0.00000192. The molecule has 2 aromatic rings. The number of nitrogens with zero attached hydrogens (tertiary/aromatic N) is 2. The zero-order chi connectivity index (χ0) is 15.5. The first-order valence-electron chi connectivity index (χ1n) is 7.10. The largest absolute Gasteiger partial charge is 0.328 e. The molecule has 2 N–H and O–H groups in total. The van der Waals surface area contributed by atoms with Gasteiger partial charge in [-0.2, -0.15) is 5.10 Å². The Labute approximate surface area is 150 Å². The van der Waals surface area contributed by atoms with Crippen LogP contribution in [0.4, 0.5) is 0 Å². The molecule has 23 heavy (non-hydrogen) atoms. The van der Waals surface area contributed by atoms with Crippen molar-refractivity contribution in [3.05, 3.63) is 51.0 Å². The molecule has 5 nitrogen and oxygen atoms in total. The molecule has 0 aromatic carbocycles. The number of thiophene rings is 1. The minimum absolute atomic E-state index is 0. The van der Waals surface area contributed by atoms with E-state index in [1.807, 2.05) is 12.1 Å². The fourth-order valence-corrected chi connectivity index (χ4v) is 3.66. The molecule has 0 fully saturated rings. The van der Waals surface area contributed by atoms with E-state index >= 15 is 0 Å². The summed E-state index contributed by atoms with van der Waals surface area (Å²) in [6.07, 6.45) is 2.60. The fourth-order valence-electron chi connectivity index (χ4n) is 2.55. The van der Waals surface area contributed by atoms with E-state index in [1.54, 1.807) is 11.0 Å². The van der Waals surface area contributed by atoms with Crippen LogP contribution < -0.4 is 5.32 Å². The Kier molecular flexibility index (Phi) is 6.24. The Morgan fingerprint density at radius 1 is 1.52 bits per heavy atom. The number of aromatic amines is 1. The Hall–Kier alpha value is -1.34. The van der Waals surface area contributed by atoms with Crippen molar-refractivity contribution in [3.63, 3.8) is 0 Å². The van der Waals surface area contributed by atoms with Gasteiger partial charge < -0.3 is 10.2 Å². The third kappa shape index (κ3) is 3.95. The SMILES string of the molecule is C=CCN(Cc1ccc(Cl)s1)C(=O)c1n[nH]c2c1CNCC2.Cl. The summed E-state index contributed by atoms with van der Waals surface area (Å²) < 4.78 is 0.724. The van der Waals surface area contributed by atoms with Crippen LogP contribution in [0, 0.1) is 0 Å². The molecule has 1 aliphatic rings. The Bertz CT molecular complexity index is 697. The third-order valence-corrected chi connectivity index (χ3v) is 4.84. The molecule has 0 bridgehead atoms. The maximum Gasteiger partial charge on any atom is 0.275 e. The maximum atomic E-state index is 12.8. The van der Waals surface area contributed by atoms with Gasteiger partial charge in [0.1, 0.15) is 0 Å². The number of carbonyl (C=O) groups is 1. The van der Waals surface area contributed by atoms with E-state index in [0.717, 1.165) is 33.4 Å². The first-order chi connectivity index (χ1) is 10.7. The smallest absolute Gasteiger partial charge is 0.275 e. The van der Waals surface area contributed by atoms with Gasteiger partial charge in [-0.1, -0.05) is 17.7 Å². The first-order valence-corrected chi connectivity index (χ1v) is 8.29. The highest BCUT2D eigenvalue weighted by atomic mass is 35.5. The number of H-pyrrole nitrogens is 1. The summed E-state index contributed by atoms with van der Waals surface area (Å²) in [5.41, 5.74) is 2.54. The second-order valence-electron chi connectivity index (χ2n) is 5.14. The Morgan fingerprint density at radius 2 is 2.35 bits per heavy atom. The lowest BCUT2D eigenvalue weighted by Crippen LogP contribution is -2.32. The lowest BCUT2D eigenvalue weighted by molar-refractivity contribution is 0.0757. The van der Waals surface area contributed by atoms with Gasteiger partial charge in [-0.3, -0.25) is 9.89 Å². The van der Waals surface area contributed by atoms with E-state index in [4.69, 9.17) is 11.6 Å². The topological polar surface area (TPSA) is 61.0 Å². The number of carbonyl (C=O) groups excluding carboxylic acids is 1. The van der Waals surface area contributed by atoms with E-state index in [2.05, 4.69) is 22.1 Å². The van der Waals surface area contributed by atoms with E-state index in [-0.39, 0.29) is 18.3 Å². The van der Waals surface area contributed by atoms with Crippen LogP contribution in [0.15, 0.2) is 24.8 Å². The van der Waals surface area contributed by atoms with Gasteiger partial charge in [-0.15, -0.1) is 30.3 Å². The van der Waals surface area contributed by atoms with Gasteiger partial charge in [0, 0.05) is 42.2 Å². The maximum absolute atomic E-state index is 12.8. The van der Waals surface area contributed by atoms with Crippen LogP contribution in [-0.4, -0.2) is 34.1 Å². The summed E-state index contributed by atoms with van der Waals surface area (Å²) in [5.74, 6) is -0.0781. The van der Waals surface area contributed by atoms with E-state index in [1.165, 1.54) is 11.3 Å². The minimum Gasteiger partial charge on any atom is -0.328 e. The molecule has 0 atom stereocenters. The van der Waals surface area contributed by atoms with E-state index < -0.39 is 0 Å². The second kappa shape index (κ2) is 7.97. The zero-order valence-electron chi connectivity index (χ0n) is 12.5. The number of fused-ring (bicyclic) bond motifs is 1. The highest BCUT2D eigenvalue weighted by Crippen LogP contribution is 2.24. The predicted molar refractivity (Wildman–Crippen MR) is 95.5 cm³/mol. The van der Waals surface area contributed by atoms with E-state index in [9.17, 15) is 4.79 Å². The normalized spacial score (nSPS) is 13.1. The molecule has 8 heteroatoms. The highest BCUT2D eigenvalue weighted by molar-refractivity contribution is 7.16. The van der Waals surface area contributed by atoms with Crippen LogP contribution in [0.5, 0.6) is 0 Å². The van der Waals surface area contributed by atoms with Crippen molar-refractivity contribution in [1.82, 2.24) is 20.4 Å². The molecule has 0 spiro atoms. The van der Waals surface area contributed by atoms with Gasteiger partial charge in [0.25, 0.3) is 5.91 Å². The summed E-state index contributed by atoms with van der Waals surface area (Å²) in [5, 5.41) is 10.5. The quantitative estimate of drug-likeness (QED) is 0.792. The van der Waals surface area contributed by atoms with Crippen molar-refractivity contribution >= 4 is 41.3 Å². The van der Waals surface area contributed by atoms with Crippen molar-refractivity contribution in [2.24, 2.45) is 0 Å². The van der Waals surface area contributed by atoms with Crippen molar-refractivity contribution < 1.29 is 4.79 Å². The Morgan fingerprint density at radius 3 is 3.04 bits per heavy atom. The van der Waals surface area contributed by atoms with Gasteiger partial charge >= 0.3 is 0 Å². The van der Waals surface area contributed by atoms with Gasteiger partial charge in [0.15, 0.2) is 5.69 Å². The summed E-state index contributed by atoms with van der Waals surface area (Å²) in [6, 6.07) is 3.79. The molecule has 0 saturated carbocycles. The summed E-state index contributed by atoms with van der Waals surface area (Å²) in [6.45, 7) is 6.32. The molecular formula is C15H18Cl2N4OS. The number of amides is 1. The molecule has 1 amide bonds. The van der Waals surface area contributed by atoms with Crippen LogP contribution in [0.3, 0.4) is 0 Å². The molecule has 0 unspecified atom stereocenters. The van der Waals surface area contributed by atoms with Gasteiger partial charge in [-0.25, -0.2) is 0 Å². The van der Waals surface area contributed by atoms with E-state index in [0.29, 0.717) is 25.3 Å². The number of nitrogens with one attached hydrogen (secondary N) is 2. The lowest BCUT2D eigenvalue weighted by Gasteiger charge is -2.21. The summed E-state index contributed by atoms with van der Waals surface area (Å²) in [4.78, 5) is 15.6. The van der Waals surface area contributed by atoms with Gasteiger partial charge in [0.05, 0.1) is 10.9 Å². The van der Waals surface area contributed by atoms with Crippen LogP contribution in [0.1, 0.15) is 26.6 Å². The number of aromatic nitrogens is 2. The molecule has 3 heterocycles. The van der Waals surface area contributed by atoms with Crippen LogP contribution in [0.25, 0.3) is 0 Å². The molecule has 2 aromatic heterocycles. The number of rotatable bonds is 5. The van der Waals surface area contributed by atoms with Crippen molar-refractivity contribution in [3.8, 4) is 0 Å². The molecule has 0 aliphatic carbocycles. The predicted octanol–water partition coefficient (Wildman–Crippen LogP) is 3.02. The molecule has 0 radical (unpaired) electrons. The second-order valence-corrected chi connectivity index (χ2v) is 6.94. The molecular weight excluding hydrogens is 355 g/mol. The van der Waals surface area contributed by atoms with Crippen molar-refractivity contribution in [1.29, 1.82) is 0 Å². The molecule has 124 valence electrons.